The van der Waals surface area contributed by atoms with E-state index >= 15 is 0 Å². The fourth-order valence-corrected chi connectivity index (χ4v) is 2.32. The topological polar surface area (TPSA) is 42.2 Å². The molecule has 0 aliphatic carbocycles. The van der Waals surface area contributed by atoms with Crippen molar-refractivity contribution < 1.29 is 9.47 Å². The fraction of sp³-hybridized carbons (Fsp3) is 0.316. The van der Waals surface area contributed by atoms with Gasteiger partial charge in [-0.15, -0.1) is 0 Å². The average Bonchev–Trinajstić information content (AvgIpc) is 2.54. The van der Waals surface area contributed by atoms with E-state index in [2.05, 4.69) is 13.0 Å². The summed E-state index contributed by atoms with van der Waals surface area (Å²) in [7, 11) is 1.65. The zero-order chi connectivity index (χ0) is 15.8. The summed E-state index contributed by atoms with van der Waals surface area (Å²) in [4.78, 5) is 0. The summed E-state index contributed by atoms with van der Waals surface area (Å²) >= 11 is 0. The van der Waals surface area contributed by atoms with Gasteiger partial charge < -0.3 is 9.47 Å². The van der Waals surface area contributed by atoms with Crippen LogP contribution in [0.4, 0.5) is 0 Å². The molecule has 3 nitrogen and oxygen atoms in total. The number of hydrogen-bond acceptors (Lipinski definition) is 3. The summed E-state index contributed by atoms with van der Waals surface area (Å²) < 4.78 is 11.3. The molecule has 0 aromatic heterocycles. The molecule has 0 saturated carbocycles. The van der Waals surface area contributed by atoms with Gasteiger partial charge in [0.05, 0.1) is 13.2 Å². The van der Waals surface area contributed by atoms with E-state index in [0.29, 0.717) is 18.9 Å². The third-order valence-corrected chi connectivity index (χ3v) is 3.49. The molecule has 114 valence electrons. The Labute approximate surface area is 132 Å². The zero-order valence-corrected chi connectivity index (χ0v) is 13.1. The molecule has 22 heavy (non-hydrogen) atoms. The lowest BCUT2D eigenvalue weighted by Crippen LogP contribution is -2.01. The molecule has 0 bridgehead atoms. The molecule has 2 aromatic carbocycles. The van der Waals surface area contributed by atoms with E-state index in [0.717, 1.165) is 29.0 Å². The van der Waals surface area contributed by atoms with E-state index in [1.807, 2.05) is 48.5 Å². The van der Waals surface area contributed by atoms with Crippen LogP contribution >= 0.6 is 0 Å². The number of rotatable bonds is 7. The number of methoxy groups -OCH3 is 1. The normalized spacial score (nSPS) is 11.5. The zero-order valence-electron chi connectivity index (χ0n) is 13.1. The minimum absolute atomic E-state index is 0.339. The number of hydrogen-bond donors (Lipinski definition) is 0. The van der Waals surface area contributed by atoms with Crippen LogP contribution < -0.4 is 9.47 Å². The lowest BCUT2D eigenvalue weighted by atomic mass is 9.98. The summed E-state index contributed by atoms with van der Waals surface area (Å²) in [6.45, 7) is 2.59. The van der Waals surface area contributed by atoms with Gasteiger partial charge in [-0.2, -0.15) is 5.26 Å². The standard InChI is InChI=1S/C19H21NO2/c1-15(10-11-20)12-17-8-9-18(19(13-17)21-2)22-14-16-6-4-3-5-7-16/h3-9,13,15H,10,12,14H2,1-2H3/t15-/m1/s1. The van der Waals surface area contributed by atoms with Crippen LogP contribution in [0.25, 0.3) is 0 Å². The van der Waals surface area contributed by atoms with Crippen molar-refractivity contribution in [1.29, 1.82) is 5.26 Å². The maximum absolute atomic E-state index is 8.74. The van der Waals surface area contributed by atoms with E-state index < -0.39 is 0 Å². The summed E-state index contributed by atoms with van der Waals surface area (Å²) in [6, 6.07) is 18.2. The quantitative estimate of drug-likeness (QED) is 0.762. The maximum atomic E-state index is 8.74. The monoisotopic (exact) mass is 295 g/mol. The first-order chi connectivity index (χ1) is 10.7. The average molecular weight is 295 g/mol. The van der Waals surface area contributed by atoms with Crippen molar-refractivity contribution in [1.82, 2.24) is 0 Å². The van der Waals surface area contributed by atoms with Crippen molar-refractivity contribution in [3.8, 4) is 17.6 Å². The first kappa shape index (κ1) is 15.9. The highest BCUT2D eigenvalue weighted by atomic mass is 16.5. The van der Waals surface area contributed by atoms with Gasteiger partial charge in [0.2, 0.25) is 0 Å². The third kappa shape index (κ3) is 4.53. The summed E-state index contributed by atoms with van der Waals surface area (Å²) in [5.41, 5.74) is 2.28. The molecule has 2 rings (SSSR count). The van der Waals surface area contributed by atoms with Gasteiger partial charge in [0, 0.05) is 6.42 Å². The molecule has 1 atom stereocenters. The highest BCUT2D eigenvalue weighted by Crippen LogP contribution is 2.30. The second kappa shape index (κ2) is 8.09. The Morgan fingerprint density at radius 1 is 1.05 bits per heavy atom. The van der Waals surface area contributed by atoms with Gasteiger partial charge in [-0.3, -0.25) is 0 Å². The lowest BCUT2D eigenvalue weighted by molar-refractivity contribution is 0.284. The van der Waals surface area contributed by atoms with Crippen molar-refractivity contribution in [2.24, 2.45) is 5.92 Å². The molecule has 2 aromatic rings. The molecule has 0 heterocycles. The Hall–Kier alpha value is -2.47. The smallest absolute Gasteiger partial charge is 0.161 e. The summed E-state index contributed by atoms with van der Waals surface area (Å²) in [6.07, 6.45) is 1.43. The van der Waals surface area contributed by atoms with Crippen molar-refractivity contribution >= 4 is 0 Å². The van der Waals surface area contributed by atoms with E-state index in [1.165, 1.54) is 0 Å². The Bertz CT molecular complexity index is 632. The molecular formula is C19H21NO2. The minimum Gasteiger partial charge on any atom is -0.493 e. The predicted octanol–water partition coefficient (Wildman–Crippen LogP) is 4.37. The molecule has 0 spiro atoms. The van der Waals surface area contributed by atoms with E-state index in [9.17, 15) is 0 Å². The second-order valence-corrected chi connectivity index (χ2v) is 5.43. The molecule has 3 heteroatoms. The van der Waals surface area contributed by atoms with Gasteiger partial charge in [0.25, 0.3) is 0 Å². The van der Waals surface area contributed by atoms with Gasteiger partial charge in [-0.1, -0.05) is 43.3 Å². The van der Waals surface area contributed by atoms with E-state index in [4.69, 9.17) is 14.7 Å². The second-order valence-electron chi connectivity index (χ2n) is 5.43. The van der Waals surface area contributed by atoms with Crippen LogP contribution in [0, 0.1) is 17.2 Å². The minimum atomic E-state index is 0.339. The Morgan fingerprint density at radius 3 is 2.50 bits per heavy atom. The van der Waals surface area contributed by atoms with Crippen molar-refractivity contribution in [3.05, 3.63) is 59.7 Å². The molecule has 0 unspecified atom stereocenters. The number of ether oxygens (including phenoxy) is 2. The van der Waals surface area contributed by atoms with Gasteiger partial charge in [-0.25, -0.2) is 0 Å². The highest BCUT2D eigenvalue weighted by Gasteiger charge is 2.09. The molecule has 0 fully saturated rings. The third-order valence-electron chi connectivity index (χ3n) is 3.49. The van der Waals surface area contributed by atoms with Crippen LogP contribution in [0.15, 0.2) is 48.5 Å². The molecule has 0 radical (unpaired) electrons. The maximum Gasteiger partial charge on any atom is 0.161 e. The molecule has 0 amide bonds. The lowest BCUT2D eigenvalue weighted by Gasteiger charge is -2.13. The van der Waals surface area contributed by atoms with Crippen LogP contribution in [0.1, 0.15) is 24.5 Å². The van der Waals surface area contributed by atoms with E-state index in [1.54, 1.807) is 7.11 Å². The van der Waals surface area contributed by atoms with Crippen LogP contribution in [-0.2, 0) is 13.0 Å². The molecule has 0 N–H and O–H groups in total. The number of nitrogens with zero attached hydrogens (tertiary/aromatic N) is 1. The summed E-state index contributed by atoms with van der Waals surface area (Å²) in [5.74, 6) is 1.81. The Balaban J connectivity index is 2.04. The van der Waals surface area contributed by atoms with Crippen LogP contribution in [0.2, 0.25) is 0 Å². The van der Waals surface area contributed by atoms with Gasteiger partial charge in [0.1, 0.15) is 6.61 Å². The van der Waals surface area contributed by atoms with Crippen LogP contribution in [0.3, 0.4) is 0 Å². The number of benzene rings is 2. The van der Waals surface area contributed by atoms with Crippen molar-refractivity contribution in [2.45, 2.75) is 26.4 Å². The predicted molar refractivity (Wildman–Crippen MR) is 86.9 cm³/mol. The Morgan fingerprint density at radius 2 is 1.82 bits per heavy atom. The van der Waals surface area contributed by atoms with Crippen molar-refractivity contribution in [3.63, 3.8) is 0 Å². The van der Waals surface area contributed by atoms with Gasteiger partial charge >= 0.3 is 0 Å². The number of nitriles is 1. The van der Waals surface area contributed by atoms with E-state index in [-0.39, 0.29) is 0 Å². The Kier molecular flexibility index (Phi) is 5.85. The summed E-state index contributed by atoms with van der Waals surface area (Å²) in [5, 5.41) is 8.74. The molecule has 0 saturated heterocycles. The van der Waals surface area contributed by atoms with Crippen LogP contribution in [-0.4, -0.2) is 7.11 Å². The fourth-order valence-electron chi connectivity index (χ4n) is 2.32. The molecular weight excluding hydrogens is 274 g/mol. The van der Waals surface area contributed by atoms with Gasteiger partial charge in [0.15, 0.2) is 11.5 Å². The first-order valence-corrected chi connectivity index (χ1v) is 7.43. The SMILES string of the molecule is COc1cc(C[C@H](C)CC#N)ccc1OCc1ccccc1. The largest absolute Gasteiger partial charge is 0.493 e. The van der Waals surface area contributed by atoms with Crippen molar-refractivity contribution in [2.75, 3.05) is 7.11 Å². The van der Waals surface area contributed by atoms with Crippen LogP contribution in [0.5, 0.6) is 11.5 Å². The molecule has 0 aliphatic heterocycles. The van der Waals surface area contributed by atoms with Gasteiger partial charge in [-0.05, 0) is 35.6 Å². The highest BCUT2D eigenvalue weighted by molar-refractivity contribution is 5.43. The molecule has 0 aliphatic rings. The first-order valence-electron chi connectivity index (χ1n) is 7.43.